The van der Waals surface area contributed by atoms with Gasteiger partial charge in [0.05, 0.1) is 11.7 Å². The number of rotatable bonds is 3. The van der Waals surface area contributed by atoms with E-state index in [2.05, 4.69) is 5.10 Å². The van der Waals surface area contributed by atoms with E-state index >= 15 is 0 Å². The van der Waals surface area contributed by atoms with Gasteiger partial charge in [-0.1, -0.05) is 18.2 Å². The lowest BCUT2D eigenvalue weighted by atomic mass is 9.96. The molecule has 1 aliphatic rings. The van der Waals surface area contributed by atoms with Crippen molar-refractivity contribution in [2.24, 2.45) is 11.7 Å². The summed E-state index contributed by atoms with van der Waals surface area (Å²) in [6, 6.07) is 7.81. The molecule has 0 bridgehead atoms. The fourth-order valence-corrected chi connectivity index (χ4v) is 2.79. The largest absolute Gasteiger partial charge is 0.369 e. The minimum atomic E-state index is -0.264. The molecule has 1 saturated heterocycles. The molecule has 1 fully saturated rings. The molecule has 1 aromatic carbocycles. The summed E-state index contributed by atoms with van der Waals surface area (Å²) in [6.45, 7) is 1.41. The van der Waals surface area contributed by atoms with Crippen LogP contribution in [0.4, 0.5) is 0 Å². The molecule has 0 radical (unpaired) electrons. The zero-order valence-electron chi connectivity index (χ0n) is 11.7. The molecule has 2 N–H and O–H groups in total. The highest BCUT2D eigenvalue weighted by Crippen LogP contribution is 2.18. The zero-order chi connectivity index (χ0) is 14.8. The Morgan fingerprint density at radius 1 is 1.24 bits per heavy atom. The SMILES string of the molecule is NC(=O)C1CCN(C(=O)Cn2ncc3ccccc32)CC1. The number of nitrogens with two attached hydrogens (primary N) is 1. The number of amides is 2. The Balaban J connectivity index is 1.66. The molecule has 6 nitrogen and oxygen atoms in total. The highest BCUT2D eigenvalue weighted by molar-refractivity contribution is 5.82. The van der Waals surface area contributed by atoms with Crippen LogP contribution in [0, 0.1) is 5.92 Å². The number of carbonyl (C=O) groups is 2. The van der Waals surface area contributed by atoms with Gasteiger partial charge in [-0.2, -0.15) is 5.10 Å². The average Bonchev–Trinajstić information content (AvgIpc) is 2.91. The number of benzene rings is 1. The summed E-state index contributed by atoms with van der Waals surface area (Å²) in [6.07, 6.45) is 3.07. The van der Waals surface area contributed by atoms with Crippen LogP contribution >= 0.6 is 0 Å². The Morgan fingerprint density at radius 2 is 1.95 bits per heavy atom. The first-order valence-electron chi connectivity index (χ1n) is 7.13. The Hall–Kier alpha value is -2.37. The van der Waals surface area contributed by atoms with Crippen molar-refractivity contribution in [2.75, 3.05) is 13.1 Å². The zero-order valence-corrected chi connectivity index (χ0v) is 11.7. The minimum Gasteiger partial charge on any atom is -0.369 e. The second-order valence-corrected chi connectivity index (χ2v) is 5.42. The number of piperidine rings is 1. The van der Waals surface area contributed by atoms with Crippen LogP contribution < -0.4 is 5.73 Å². The molecule has 21 heavy (non-hydrogen) atoms. The summed E-state index contributed by atoms with van der Waals surface area (Å²) >= 11 is 0. The third-order valence-electron chi connectivity index (χ3n) is 4.09. The maximum absolute atomic E-state index is 12.3. The van der Waals surface area contributed by atoms with E-state index in [1.807, 2.05) is 24.3 Å². The maximum Gasteiger partial charge on any atom is 0.244 e. The molecular weight excluding hydrogens is 268 g/mol. The van der Waals surface area contributed by atoms with E-state index in [9.17, 15) is 9.59 Å². The van der Waals surface area contributed by atoms with E-state index in [1.165, 1.54) is 0 Å². The predicted octanol–water partition coefficient (Wildman–Crippen LogP) is 0.760. The molecule has 1 aromatic heterocycles. The first-order chi connectivity index (χ1) is 10.1. The second kappa shape index (κ2) is 5.55. The monoisotopic (exact) mass is 286 g/mol. The fraction of sp³-hybridized carbons (Fsp3) is 0.400. The third-order valence-corrected chi connectivity index (χ3v) is 4.09. The predicted molar refractivity (Wildman–Crippen MR) is 78.2 cm³/mol. The lowest BCUT2D eigenvalue weighted by molar-refractivity contribution is -0.135. The fourth-order valence-electron chi connectivity index (χ4n) is 2.79. The molecule has 110 valence electrons. The molecule has 0 spiro atoms. The molecule has 3 rings (SSSR count). The normalized spacial score (nSPS) is 16.3. The summed E-state index contributed by atoms with van der Waals surface area (Å²) in [5, 5.41) is 5.29. The van der Waals surface area contributed by atoms with Gasteiger partial charge in [0.25, 0.3) is 0 Å². The van der Waals surface area contributed by atoms with Gasteiger partial charge in [-0.15, -0.1) is 0 Å². The summed E-state index contributed by atoms with van der Waals surface area (Å²) in [7, 11) is 0. The average molecular weight is 286 g/mol. The molecular formula is C15H18N4O2. The smallest absolute Gasteiger partial charge is 0.244 e. The van der Waals surface area contributed by atoms with Crippen LogP contribution in [0.15, 0.2) is 30.5 Å². The molecule has 6 heteroatoms. The van der Waals surface area contributed by atoms with Crippen LogP contribution in [-0.2, 0) is 16.1 Å². The molecule has 0 atom stereocenters. The third kappa shape index (κ3) is 2.74. The van der Waals surface area contributed by atoms with Gasteiger partial charge in [0.15, 0.2) is 0 Å². The Bertz CT molecular complexity index is 671. The Kier molecular flexibility index (Phi) is 3.60. The van der Waals surface area contributed by atoms with Gasteiger partial charge >= 0.3 is 0 Å². The summed E-state index contributed by atoms with van der Waals surface area (Å²) in [5.41, 5.74) is 6.26. The number of likely N-dealkylation sites (tertiary alicyclic amines) is 1. The molecule has 0 unspecified atom stereocenters. The van der Waals surface area contributed by atoms with Crippen LogP contribution in [0.2, 0.25) is 0 Å². The highest BCUT2D eigenvalue weighted by Gasteiger charge is 2.26. The van der Waals surface area contributed by atoms with E-state index < -0.39 is 0 Å². The molecule has 1 aliphatic heterocycles. The van der Waals surface area contributed by atoms with Crippen molar-refractivity contribution in [3.05, 3.63) is 30.5 Å². The van der Waals surface area contributed by atoms with Crippen molar-refractivity contribution in [2.45, 2.75) is 19.4 Å². The van der Waals surface area contributed by atoms with E-state index in [0.29, 0.717) is 25.9 Å². The van der Waals surface area contributed by atoms with Crippen LogP contribution in [-0.4, -0.2) is 39.6 Å². The molecule has 2 amide bonds. The lowest BCUT2D eigenvalue weighted by Crippen LogP contribution is -2.43. The van der Waals surface area contributed by atoms with Gasteiger partial charge in [0.2, 0.25) is 11.8 Å². The summed E-state index contributed by atoms with van der Waals surface area (Å²) in [4.78, 5) is 25.3. The molecule has 2 aromatic rings. The minimum absolute atomic E-state index is 0.0340. The van der Waals surface area contributed by atoms with Crippen molar-refractivity contribution < 1.29 is 9.59 Å². The number of aromatic nitrogens is 2. The van der Waals surface area contributed by atoms with E-state index in [-0.39, 0.29) is 24.3 Å². The van der Waals surface area contributed by atoms with E-state index in [4.69, 9.17) is 5.73 Å². The van der Waals surface area contributed by atoms with E-state index in [1.54, 1.807) is 15.8 Å². The van der Waals surface area contributed by atoms with Crippen molar-refractivity contribution in [1.29, 1.82) is 0 Å². The molecule has 0 saturated carbocycles. The number of carbonyl (C=O) groups excluding carboxylic acids is 2. The molecule has 2 heterocycles. The number of nitrogens with zero attached hydrogens (tertiary/aromatic N) is 3. The standard InChI is InChI=1S/C15H18N4O2/c16-15(21)11-5-7-18(8-6-11)14(20)10-19-13-4-2-1-3-12(13)9-17-19/h1-4,9,11H,5-8,10H2,(H2,16,21). The van der Waals surface area contributed by atoms with Crippen LogP contribution in [0.3, 0.4) is 0 Å². The van der Waals surface area contributed by atoms with Gasteiger partial charge in [0, 0.05) is 24.4 Å². The van der Waals surface area contributed by atoms with E-state index in [0.717, 1.165) is 10.9 Å². The van der Waals surface area contributed by atoms with Crippen LogP contribution in [0.1, 0.15) is 12.8 Å². The first kappa shape index (κ1) is 13.6. The van der Waals surface area contributed by atoms with Gasteiger partial charge in [-0.25, -0.2) is 0 Å². The van der Waals surface area contributed by atoms with Gasteiger partial charge < -0.3 is 10.6 Å². The van der Waals surface area contributed by atoms with Gasteiger partial charge in [-0.3, -0.25) is 14.3 Å². The van der Waals surface area contributed by atoms with Crippen molar-refractivity contribution in [3.8, 4) is 0 Å². The highest BCUT2D eigenvalue weighted by atomic mass is 16.2. The number of hydrogen-bond donors (Lipinski definition) is 1. The number of hydrogen-bond acceptors (Lipinski definition) is 3. The van der Waals surface area contributed by atoms with Gasteiger partial charge in [-0.05, 0) is 18.9 Å². The first-order valence-corrected chi connectivity index (χ1v) is 7.13. The summed E-state index contributed by atoms with van der Waals surface area (Å²) in [5.74, 6) is -0.327. The van der Waals surface area contributed by atoms with Crippen LogP contribution in [0.25, 0.3) is 10.9 Å². The Labute approximate surface area is 122 Å². The van der Waals surface area contributed by atoms with Crippen molar-refractivity contribution in [1.82, 2.24) is 14.7 Å². The number of para-hydroxylation sites is 1. The second-order valence-electron chi connectivity index (χ2n) is 5.42. The summed E-state index contributed by atoms with van der Waals surface area (Å²) < 4.78 is 1.72. The quantitative estimate of drug-likeness (QED) is 0.904. The van der Waals surface area contributed by atoms with Crippen molar-refractivity contribution in [3.63, 3.8) is 0 Å². The lowest BCUT2D eigenvalue weighted by Gasteiger charge is -2.30. The van der Waals surface area contributed by atoms with Crippen molar-refractivity contribution >= 4 is 22.7 Å². The van der Waals surface area contributed by atoms with Crippen LogP contribution in [0.5, 0.6) is 0 Å². The van der Waals surface area contributed by atoms with Gasteiger partial charge in [0.1, 0.15) is 6.54 Å². The molecule has 0 aliphatic carbocycles. The number of primary amides is 1. The Morgan fingerprint density at radius 3 is 2.67 bits per heavy atom. The maximum atomic E-state index is 12.3. The number of fused-ring (bicyclic) bond motifs is 1. The topological polar surface area (TPSA) is 81.2 Å².